The van der Waals surface area contributed by atoms with E-state index in [0.29, 0.717) is 19.3 Å². The molecule has 3 aliphatic carbocycles. The van der Waals surface area contributed by atoms with Crippen molar-refractivity contribution in [2.24, 2.45) is 23.7 Å². The monoisotopic (exact) mass is 577 g/mol. The molecule has 5 rings (SSSR count). The number of ketones is 2. The summed E-state index contributed by atoms with van der Waals surface area (Å²) in [5.74, 6) is -5.31. The number of fused-ring (bicyclic) bond motifs is 3. The van der Waals surface area contributed by atoms with Gasteiger partial charge in [-0.05, 0) is 66.0 Å². The van der Waals surface area contributed by atoms with Crippen LogP contribution in [0.2, 0.25) is 0 Å². The van der Waals surface area contributed by atoms with Crippen molar-refractivity contribution in [2.45, 2.75) is 26.2 Å². The first-order valence-corrected chi connectivity index (χ1v) is 13.4. The standard InChI is InChI=1S/C30H28BrNO6/c1-3-18-20-13-16-12-19-15(7-4-14-5-9-17(31)10-6-14)8-11-21(33)23(19)27(35)22(16)28(36)24(20)29(37)25(26(18)34)30(38)32-2/h4-11,16,18,20,24,33-35H,3,12-13H2,1-2H3,(H,32,38)/b7-4+/t16?,18-,20-,24?/m0/s1. The van der Waals surface area contributed by atoms with Gasteiger partial charge < -0.3 is 20.6 Å². The Labute approximate surface area is 228 Å². The topological polar surface area (TPSA) is 124 Å². The summed E-state index contributed by atoms with van der Waals surface area (Å²) < 4.78 is 0.967. The second-order valence-corrected chi connectivity index (χ2v) is 11.0. The second kappa shape index (κ2) is 9.91. The Kier molecular flexibility index (Phi) is 6.77. The molecule has 38 heavy (non-hydrogen) atoms. The number of benzene rings is 2. The predicted octanol–water partition coefficient (Wildman–Crippen LogP) is 5.14. The number of Topliss-reactive ketones (excluding diaryl/α,β-unsaturated/α-hetero) is 2. The zero-order valence-corrected chi connectivity index (χ0v) is 22.6. The van der Waals surface area contributed by atoms with Crippen molar-refractivity contribution in [3.8, 4) is 5.75 Å². The van der Waals surface area contributed by atoms with Crippen molar-refractivity contribution in [1.29, 1.82) is 0 Å². The van der Waals surface area contributed by atoms with Gasteiger partial charge >= 0.3 is 0 Å². The fourth-order valence-corrected chi connectivity index (χ4v) is 6.57. The number of phenols is 1. The molecule has 4 atom stereocenters. The third kappa shape index (κ3) is 4.07. The molecule has 8 heteroatoms. The van der Waals surface area contributed by atoms with E-state index in [9.17, 15) is 29.7 Å². The Morgan fingerprint density at radius 3 is 2.42 bits per heavy atom. The Morgan fingerprint density at radius 1 is 1.05 bits per heavy atom. The fraction of sp³-hybridized carbons (Fsp3) is 0.300. The summed E-state index contributed by atoms with van der Waals surface area (Å²) >= 11 is 3.43. The Morgan fingerprint density at radius 2 is 1.76 bits per heavy atom. The predicted molar refractivity (Wildman–Crippen MR) is 147 cm³/mol. The van der Waals surface area contributed by atoms with Crippen molar-refractivity contribution < 1.29 is 29.7 Å². The van der Waals surface area contributed by atoms with E-state index in [0.717, 1.165) is 21.2 Å². The molecule has 2 aromatic rings. The lowest BCUT2D eigenvalue weighted by atomic mass is 9.57. The molecule has 1 amide bonds. The van der Waals surface area contributed by atoms with Crippen LogP contribution in [-0.2, 0) is 20.8 Å². The molecule has 0 heterocycles. The molecule has 1 saturated carbocycles. The molecule has 2 unspecified atom stereocenters. The third-order valence-corrected chi connectivity index (χ3v) is 8.61. The highest BCUT2D eigenvalue weighted by molar-refractivity contribution is 9.10. The number of hydrogen-bond acceptors (Lipinski definition) is 6. The number of phenolic OH excluding ortho intramolecular Hbond substituents is 1. The van der Waals surface area contributed by atoms with Gasteiger partial charge in [0.25, 0.3) is 5.91 Å². The summed E-state index contributed by atoms with van der Waals surface area (Å²) in [4.78, 5) is 39.6. The number of carbonyl (C=O) groups excluding carboxylic acids is 3. The molecule has 0 saturated heterocycles. The minimum absolute atomic E-state index is 0.115. The van der Waals surface area contributed by atoms with Crippen LogP contribution >= 0.6 is 15.9 Å². The summed E-state index contributed by atoms with van der Waals surface area (Å²) in [5.41, 5.74) is 2.42. The maximum Gasteiger partial charge on any atom is 0.258 e. The molecule has 4 N–H and O–H groups in total. The molecule has 0 aromatic heterocycles. The summed E-state index contributed by atoms with van der Waals surface area (Å²) in [6, 6.07) is 11.1. The molecular formula is C30H28BrNO6. The Balaban J connectivity index is 1.59. The first-order chi connectivity index (χ1) is 18.2. The normalized spacial score (nSPS) is 24.8. The van der Waals surface area contributed by atoms with Gasteiger partial charge in [-0.15, -0.1) is 0 Å². The van der Waals surface area contributed by atoms with Crippen molar-refractivity contribution >= 4 is 51.3 Å². The number of amides is 1. The largest absolute Gasteiger partial charge is 0.511 e. The number of nitrogens with one attached hydrogen (secondary N) is 1. The van der Waals surface area contributed by atoms with Crippen molar-refractivity contribution in [3.63, 3.8) is 0 Å². The molecule has 0 radical (unpaired) electrons. The van der Waals surface area contributed by atoms with Gasteiger partial charge in [0.15, 0.2) is 11.6 Å². The number of aliphatic hydroxyl groups is 2. The smallest absolute Gasteiger partial charge is 0.258 e. The summed E-state index contributed by atoms with van der Waals surface area (Å²) in [6.45, 7) is 1.85. The van der Waals surface area contributed by atoms with Gasteiger partial charge in [-0.1, -0.05) is 53.2 Å². The maximum absolute atomic E-state index is 13.8. The molecule has 0 aliphatic heterocycles. The molecule has 1 fully saturated rings. The van der Waals surface area contributed by atoms with Gasteiger partial charge in [0, 0.05) is 23.0 Å². The number of rotatable bonds is 4. The Bertz CT molecular complexity index is 1450. The second-order valence-electron chi connectivity index (χ2n) is 10.0. The lowest BCUT2D eigenvalue weighted by Gasteiger charge is -2.44. The van der Waals surface area contributed by atoms with Crippen LogP contribution in [0.15, 0.2) is 57.8 Å². The highest BCUT2D eigenvalue weighted by atomic mass is 79.9. The molecule has 3 aliphatic rings. The van der Waals surface area contributed by atoms with E-state index >= 15 is 0 Å². The van der Waals surface area contributed by atoms with Crippen molar-refractivity contribution in [3.05, 3.63) is 80.0 Å². The van der Waals surface area contributed by atoms with Gasteiger partial charge in [0.2, 0.25) is 0 Å². The van der Waals surface area contributed by atoms with Crippen LogP contribution in [-0.4, -0.2) is 39.8 Å². The summed E-state index contributed by atoms with van der Waals surface area (Å²) in [5, 5.41) is 35.3. The van der Waals surface area contributed by atoms with E-state index in [1.807, 2.05) is 43.3 Å². The fourth-order valence-electron chi connectivity index (χ4n) is 6.30. The lowest BCUT2D eigenvalue weighted by molar-refractivity contribution is -0.136. The van der Waals surface area contributed by atoms with E-state index < -0.39 is 41.1 Å². The van der Waals surface area contributed by atoms with Crippen molar-refractivity contribution in [2.75, 3.05) is 7.05 Å². The number of likely N-dealkylation sites (N-methyl/N-ethyl adjacent to an activating group) is 1. The maximum atomic E-state index is 13.8. The molecular weight excluding hydrogens is 550 g/mol. The van der Waals surface area contributed by atoms with Gasteiger partial charge in [-0.2, -0.15) is 0 Å². The van der Waals surface area contributed by atoms with E-state index in [4.69, 9.17) is 0 Å². The van der Waals surface area contributed by atoms with E-state index in [2.05, 4.69) is 21.2 Å². The quantitative estimate of drug-likeness (QED) is 0.226. The molecule has 0 spiro atoms. The third-order valence-electron chi connectivity index (χ3n) is 8.08. The van der Waals surface area contributed by atoms with Crippen LogP contribution in [0.3, 0.4) is 0 Å². The van der Waals surface area contributed by atoms with Crippen LogP contribution in [0, 0.1) is 23.7 Å². The minimum atomic E-state index is -1.17. The van der Waals surface area contributed by atoms with Gasteiger partial charge in [0.05, 0.1) is 11.5 Å². The zero-order valence-electron chi connectivity index (χ0n) is 21.0. The van der Waals surface area contributed by atoms with Gasteiger partial charge in [-0.25, -0.2) is 0 Å². The van der Waals surface area contributed by atoms with Crippen LogP contribution in [0.4, 0.5) is 0 Å². The van der Waals surface area contributed by atoms with Gasteiger partial charge in [-0.3, -0.25) is 14.4 Å². The summed E-state index contributed by atoms with van der Waals surface area (Å²) in [7, 11) is 1.36. The van der Waals surface area contributed by atoms with Crippen LogP contribution in [0.5, 0.6) is 5.75 Å². The first-order valence-electron chi connectivity index (χ1n) is 12.6. The van der Waals surface area contributed by atoms with Gasteiger partial charge in [0.1, 0.15) is 22.8 Å². The van der Waals surface area contributed by atoms with E-state index in [1.165, 1.54) is 13.1 Å². The number of allylic oxidation sites excluding steroid dienone is 2. The molecule has 2 aromatic carbocycles. The summed E-state index contributed by atoms with van der Waals surface area (Å²) in [6.07, 6.45) is 5.07. The number of aromatic hydroxyl groups is 1. The molecule has 7 nitrogen and oxygen atoms in total. The number of halogens is 1. The number of carbonyl (C=O) groups is 3. The minimum Gasteiger partial charge on any atom is -0.511 e. The zero-order chi connectivity index (χ0) is 27.3. The van der Waals surface area contributed by atoms with E-state index in [1.54, 1.807) is 6.07 Å². The van der Waals surface area contributed by atoms with Crippen LogP contribution < -0.4 is 5.32 Å². The molecule has 0 bridgehead atoms. The lowest BCUT2D eigenvalue weighted by Crippen LogP contribution is -2.50. The van der Waals surface area contributed by atoms with Crippen LogP contribution in [0.1, 0.15) is 42.0 Å². The van der Waals surface area contributed by atoms with Crippen molar-refractivity contribution in [1.82, 2.24) is 5.32 Å². The number of hydrogen-bond donors (Lipinski definition) is 4. The first kappa shape index (κ1) is 26.0. The highest BCUT2D eigenvalue weighted by Gasteiger charge is 2.54. The highest BCUT2D eigenvalue weighted by Crippen LogP contribution is 2.52. The van der Waals surface area contributed by atoms with Crippen LogP contribution in [0.25, 0.3) is 17.9 Å². The average Bonchev–Trinajstić information content (AvgIpc) is 2.89. The Hall–Kier alpha value is -3.65. The SMILES string of the molecule is CC[C@@H]1C(O)=C(C(=O)NC)C(=O)C2C(=O)C3=C(O)c4c(O)ccc(/C=C/c5ccc(Br)cc5)c4CC3C[C@H]21. The number of aliphatic hydroxyl groups excluding tert-OH is 2. The average molecular weight is 578 g/mol. The van der Waals surface area contributed by atoms with E-state index in [-0.39, 0.29) is 34.0 Å². The molecule has 196 valence electrons.